The van der Waals surface area contributed by atoms with Gasteiger partial charge in [-0.25, -0.2) is 0 Å². The van der Waals surface area contributed by atoms with Crippen LogP contribution in [0.15, 0.2) is 47.2 Å². The van der Waals surface area contributed by atoms with Crippen LogP contribution >= 0.6 is 0 Å². The van der Waals surface area contributed by atoms with Crippen molar-refractivity contribution in [1.82, 2.24) is 29.7 Å². The van der Waals surface area contributed by atoms with Gasteiger partial charge in [0.05, 0.1) is 18.7 Å². The third kappa shape index (κ3) is 4.90. The molecular weight excluding hydrogens is 368 g/mol. The van der Waals surface area contributed by atoms with Crippen molar-refractivity contribution in [2.75, 3.05) is 32.7 Å². The fourth-order valence-corrected chi connectivity index (χ4v) is 3.69. The van der Waals surface area contributed by atoms with Crippen molar-refractivity contribution in [3.8, 4) is 11.4 Å². The van der Waals surface area contributed by atoms with E-state index >= 15 is 0 Å². The summed E-state index contributed by atoms with van der Waals surface area (Å²) in [6.45, 7) is 8.94. The Balaban J connectivity index is 1.29. The minimum atomic E-state index is -0.424. The summed E-state index contributed by atoms with van der Waals surface area (Å²) < 4.78 is 7.32. The quantitative estimate of drug-likeness (QED) is 0.654. The summed E-state index contributed by atoms with van der Waals surface area (Å²) in [6, 6.07) is 10.1. The molecule has 1 N–H and O–H groups in total. The molecule has 1 aromatic carbocycles. The summed E-state index contributed by atoms with van der Waals surface area (Å²) in [7, 11) is 0. The van der Waals surface area contributed by atoms with Gasteiger partial charge in [-0.15, -0.1) is 0 Å². The lowest BCUT2D eigenvalue weighted by Gasteiger charge is -2.37. The van der Waals surface area contributed by atoms with Crippen molar-refractivity contribution in [3.63, 3.8) is 0 Å². The molecule has 29 heavy (non-hydrogen) atoms. The number of rotatable bonds is 7. The van der Waals surface area contributed by atoms with Gasteiger partial charge in [0, 0.05) is 50.7 Å². The highest BCUT2D eigenvalue weighted by Crippen LogP contribution is 2.23. The minimum absolute atomic E-state index is 0.0675. The van der Waals surface area contributed by atoms with Gasteiger partial charge >= 0.3 is 0 Å². The van der Waals surface area contributed by atoms with E-state index in [0.717, 1.165) is 31.7 Å². The van der Waals surface area contributed by atoms with E-state index in [9.17, 15) is 5.11 Å². The van der Waals surface area contributed by atoms with E-state index in [0.29, 0.717) is 24.8 Å². The Hall–Kier alpha value is -2.55. The number of β-amino-alcohol motifs (C(OH)–C–C–N with tert-alkyl or cyclic N) is 1. The summed E-state index contributed by atoms with van der Waals surface area (Å²) in [5.74, 6) is 1.28. The highest BCUT2D eigenvalue weighted by Gasteiger charge is 2.26. The van der Waals surface area contributed by atoms with Crippen LogP contribution in [0.5, 0.6) is 0 Å². The summed E-state index contributed by atoms with van der Waals surface area (Å²) in [4.78, 5) is 9.26. The number of piperazine rings is 1. The number of benzene rings is 1. The van der Waals surface area contributed by atoms with Gasteiger partial charge in [0.2, 0.25) is 11.7 Å². The predicted molar refractivity (Wildman–Crippen MR) is 109 cm³/mol. The highest BCUT2D eigenvalue weighted by atomic mass is 16.5. The molecule has 8 heteroatoms. The number of nitrogens with zero attached hydrogens (tertiary/aromatic N) is 6. The van der Waals surface area contributed by atoms with Gasteiger partial charge in [-0.3, -0.25) is 14.5 Å². The number of aliphatic hydroxyl groups is 1. The molecule has 0 radical (unpaired) electrons. The summed E-state index contributed by atoms with van der Waals surface area (Å²) in [6.07, 6.45) is 3.18. The van der Waals surface area contributed by atoms with Crippen LogP contribution in [0.4, 0.5) is 0 Å². The number of hydrogen-bond donors (Lipinski definition) is 1. The highest BCUT2D eigenvalue weighted by molar-refractivity contribution is 5.54. The predicted octanol–water partition coefficient (Wildman–Crippen LogP) is 1.98. The number of aromatic nitrogens is 4. The van der Waals surface area contributed by atoms with Crippen LogP contribution < -0.4 is 0 Å². The molecule has 0 saturated carbocycles. The second-order valence-corrected chi connectivity index (χ2v) is 7.72. The van der Waals surface area contributed by atoms with Crippen molar-refractivity contribution in [1.29, 1.82) is 0 Å². The Bertz CT molecular complexity index is 884. The van der Waals surface area contributed by atoms with Crippen molar-refractivity contribution in [2.45, 2.75) is 32.5 Å². The molecule has 2 aromatic heterocycles. The molecule has 2 atom stereocenters. The molecule has 4 rings (SSSR count). The van der Waals surface area contributed by atoms with E-state index in [1.54, 1.807) is 10.9 Å². The van der Waals surface area contributed by atoms with Crippen molar-refractivity contribution in [3.05, 3.63) is 54.2 Å². The van der Waals surface area contributed by atoms with Crippen LogP contribution in [0.25, 0.3) is 11.4 Å². The molecule has 1 aliphatic heterocycles. The van der Waals surface area contributed by atoms with E-state index in [2.05, 4.69) is 51.0 Å². The molecule has 0 bridgehead atoms. The van der Waals surface area contributed by atoms with Crippen LogP contribution in [-0.2, 0) is 6.54 Å². The first kappa shape index (κ1) is 19.8. The standard InChI is InChI=1S/C21H28N6O2/c1-16-4-6-18(7-5-16)20-23-21(29-24-20)17(2)26-12-10-25(11-13-26)14-19(28)15-27-9-3-8-22-27/h3-9,17,19,28H,10-15H2,1-2H3/t17-,19-/m1/s1. The monoisotopic (exact) mass is 396 g/mol. The van der Waals surface area contributed by atoms with E-state index in [1.165, 1.54) is 5.56 Å². The second-order valence-electron chi connectivity index (χ2n) is 7.72. The number of aliphatic hydroxyl groups excluding tert-OH is 1. The van der Waals surface area contributed by atoms with E-state index in [-0.39, 0.29) is 6.04 Å². The first-order valence-corrected chi connectivity index (χ1v) is 10.1. The summed E-state index contributed by atoms with van der Waals surface area (Å²) >= 11 is 0. The Morgan fingerprint density at radius 2 is 1.86 bits per heavy atom. The summed E-state index contributed by atoms with van der Waals surface area (Å²) in [5, 5.41) is 18.6. The molecule has 3 heterocycles. The van der Waals surface area contributed by atoms with Gasteiger partial charge in [-0.1, -0.05) is 35.0 Å². The van der Waals surface area contributed by atoms with Gasteiger partial charge in [0.1, 0.15) is 0 Å². The van der Waals surface area contributed by atoms with Gasteiger partial charge in [0.25, 0.3) is 0 Å². The summed E-state index contributed by atoms with van der Waals surface area (Å²) in [5.41, 5.74) is 2.17. The lowest BCUT2D eigenvalue weighted by atomic mass is 10.1. The maximum absolute atomic E-state index is 10.3. The van der Waals surface area contributed by atoms with Crippen LogP contribution in [0.3, 0.4) is 0 Å². The topological polar surface area (TPSA) is 83.5 Å². The van der Waals surface area contributed by atoms with Crippen molar-refractivity contribution >= 4 is 0 Å². The zero-order valence-corrected chi connectivity index (χ0v) is 17.0. The Morgan fingerprint density at radius 3 is 2.55 bits per heavy atom. The average Bonchev–Trinajstić information content (AvgIpc) is 3.41. The third-order valence-corrected chi connectivity index (χ3v) is 5.49. The maximum Gasteiger partial charge on any atom is 0.244 e. The van der Waals surface area contributed by atoms with Crippen molar-refractivity contribution in [2.24, 2.45) is 0 Å². The normalized spacial score (nSPS) is 18.0. The molecule has 0 spiro atoms. The van der Waals surface area contributed by atoms with Gasteiger partial charge in [-0.05, 0) is 19.9 Å². The lowest BCUT2D eigenvalue weighted by molar-refractivity contribution is 0.0459. The van der Waals surface area contributed by atoms with Gasteiger partial charge in [-0.2, -0.15) is 10.1 Å². The molecule has 0 aliphatic carbocycles. The fourth-order valence-electron chi connectivity index (χ4n) is 3.69. The van der Waals surface area contributed by atoms with Crippen LogP contribution in [0.2, 0.25) is 0 Å². The molecular formula is C21H28N6O2. The number of aryl methyl sites for hydroxylation is 1. The first-order valence-electron chi connectivity index (χ1n) is 10.1. The largest absolute Gasteiger partial charge is 0.390 e. The molecule has 1 fully saturated rings. The fraction of sp³-hybridized carbons (Fsp3) is 0.476. The molecule has 1 saturated heterocycles. The van der Waals surface area contributed by atoms with E-state index in [4.69, 9.17) is 4.52 Å². The molecule has 1 aliphatic rings. The van der Waals surface area contributed by atoms with Crippen LogP contribution in [-0.4, -0.2) is 73.7 Å². The zero-order chi connectivity index (χ0) is 20.2. The van der Waals surface area contributed by atoms with Crippen molar-refractivity contribution < 1.29 is 9.63 Å². The minimum Gasteiger partial charge on any atom is -0.390 e. The Labute approximate surface area is 170 Å². The van der Waals surface area contributed by atoms with E-state index < -0.39 is 6.10 Å². The Morgan fingerprint density at radius 1 is 1.10 bits per heavy atom. The zero-order valence-electron chi connectivity index (χ0n) is 17.0. The second kappa shape index (κ2) is 8.86. The smallest absolute Gasteiger partial charge is 0.244 e. The van der Waals surface area contributed by atoms with Crippen LogP contribution in [0, 0.1) is 6.92 Å². The average molecular weight is 396 g/mol. The maximum atomic E-state index is 10.3. The Kier molecular flexibility index (Phi) is 6.03. The van der Waals surface area contributed by atoms with Gasteiger partial charge < -0.3 is 9.63 Å². The first-order chi connectivity index (χ1) is 14.1. The molecule has 154 valence electrons. The SMILES string of the molecule is Cc1ccc(-c2noc([C@@H](C)N3CCN(C[C@@H](O)Cn4cccn4)CC3)n2)cc1. The lowest BCUT2D eigenvalue weighted by Crippen LogP contribution is -2.49. The third-order valence-electron chi connectivity index (χ3n) is 5.49. The number of hydrogen-bond acceptors (Lipinski definition) is 7. The van der Waals surface area contributed by atoms with Crippen LogP contribution in [0.1, 0.15) is 24.4 Å². The van der Waals surface area contributed by atoms with E-state index in [1.807, 2.05) is 24.4 Å². The molecule has 3 aromatic rings. The van der Waals surface area contributed by atoms with Gasteiger partial charge in [0.15, 0.2) is 0 Å². The molecule has 0 amide bonds. The molecule has 0 unspecified atom stereocenters. The molecule has 8 nitrogen and oxygen atoms in total.